The summed E-state index contributed by atoms with van der Waals surface area (Å²) in [5.41, 5.74) is 8.50. The van der Waals surface area contributed by atoms with E-state index >= 15 is 0 Å². The van der Waals surface area contributed by atoms with Gasteiger partial charge in [0.05, 0.1) is 0 Å². The van der Waals surface area contributed by atoms with Crippen molar-refractivity contribution in [1.82, 2.24) is 0 Å². The van der Waals surface area contributed by atoms with Gasteiger partial charge in [-0.15, -0.1) is 0 Å². The van der Waals surface area contributed by atoms with Crippen LogP contribution in [0, 0.1) is 0 Å². The summed E-state index contributed by atoms with van der Waals surface area (Å²) in [7, 11) is -2.06. The maximum absolute atomic E-state index is 9.00. The molecule has 0 aromatic carbocycles. The van der Waals surface area contributed by atoms with Gasteiger partial charge in [-0.05, 0) is 0 Å². The maximum Gasteiger partial charge on any atom is 0.662 e. The normalized spacial score (nSPS) is 7.00. The molecule has 2 amide bonds. The van der Waals surface area contributed by atoms with Crippen molar-refractivity contribution in [1.29, 1.82) is 0 Å². The molecule has 0 saturated carbocycles. The lowest BCUT2D eigenvalue weighted by atomic mass is 10.3. The van der Waals surface area contributed by atoms with E-state index < -0.39 is 13.4 Å². The second-order valence-electron chi connectivity index (χ2n) is 0.834. The Hall–Kier alpha value is -0.825. The van der Waals surface area contributed by atoms with Gasteiger partial charge in [0, 0.05) is 0 Å². The number of primary amides is 2. The van der Waals surface area contributed by atoms with Crippen LogP contribution in [0.4, 0.5) is 4.79 Å². The van der Waals surface area contributed by atoms with E-state index in [1.807, 2.05) is 0 Å². The summed E-state index contributed by atoms with van der Waals surface area (Å²) in [5.74, 6) is 0. The molecule has 0 bridgehead atoms. The Morgan fingerprint density at radius 3 is 1.56 bits per heavy atom. The predicted molar refractivity (Wildman–Crippen MR) is 27.7 cm³/mol. The minimum absolute atomic E-state index is 0.833. The molecule has 0 heterocycles. The maximum atomic E-state index is 9.00. The first-order chi connectivity index (χ1) is 4.00. The van der Waals surface area contributed by atoms with Gasteiger partial charge in [-0.2, -0.15) is 0 Å². The summed E-state index contributed by atoms with van der Waals surface area (Å²) < 4.78 is 0. The highest BCUT2D eigenvalue weighted by Gasteiger charge is 2.03. The van der Waals surface area contributed by atoms with Crippen LogP contribution >= 0.6 is 0 Å². The molecule has 9 heavy (non-hydrogen) atoms. The zero-order valence-electron chi connectivity index (χ0n) is 4.39. The molecule has 0 aliphatic heterocycles. The molecule has 0 aliphatic carbocycles. The fourth-order valence-electron chi connectivity index (χ4n) is 0. The molecule has 0 unspecified atom stereocenters. The molecule has 0 aromatic rings. The summed E-state index contributed by atoms with van der Waals surface area (Å²) in [6.07, 6.45) is 0. The lowest BCUT2D eigenvalue weighted by molar-refractivity contribution is -0.173. The van der Waals surface area contributed by atoms with E-state index in [4.69, 9.17) is 20.1 Å². The number of rotatable bonds is 1. The Morgan fingerprint density at radius 2 is 1.56 bits per heavy atom. The third kappa shape index (κ3) is 139. The van der Waals surface area contributed by atoms with Gasteiger partial charge in [0.2, 0.25) is 0 Å². The Kier molecular flexibility index (Phi) is 8.80. The smallest absolute Gasteiger partial charge is 0.400 e. The van der Waals surface area contributed by atoms with E-state index in [1.54, 1.807) is 0 Å². The Labute approximate surface area is 50.9 Å². The Balaban J connectivity index is 0. The Morgan fingerprint density at radius 1 is 1.44 bits per heavy atom. The van der Waals surface area contributed by atoms with Gasteiger partial charge in [0.1, 0.15) is 0 Å². The summed E-state index contributed by atoms with van der Waals surface area (Å²) >= 11 is 0. The van der Waals surface area contributed by atoms with E-state index in [9.17, 15) is 0 Å². The lowest BCUT2D eigenvalue weighted by Crippen LogP contribution is -2.18. The molecule has 0 radical (unpaired) electrons. The molecule has 0 atom stereocenters. The molecule has 8 heteroatoms. The van der Waals surface area contributed by atoms with E-state index in [1.165, 1.54) is 0 Å². The molecule has 0 aromatic heterocycles. The van der Waals surface area contributed by atoms with Crippen molar-refractivity contribution < 1.29 is 24.9 Å². The van der Waals surface area contributed by atoms with Crippen LogP contribution in [0.3, 0.4) is 0 Å². The zero-order chi connectivity index (χ0) is 7.86. The van der Waals surface area contributed by atoms with E-state index in [0.29, 0.717) is 0 Å². The summed E-state index contributed by atoms with van der Waals surface area (Å²) in [4.78, 5) is 11.9. The fourth-order valence-corrected chi connectivity index (χ4v) is 0. The molecule has 0 aliphatic rings. The first-order valence-electron chi connectivity index (χ1n) is 1.72. The number of hydrogen-bond donors (Lipinski definition) is 5. The standard InChI is InChI=1S/CH4N2O.BH3O4/c2-1(3)4;2-1(3)5-4/h(H4,2,3,4);2-4H. The Bertz CT molecular complexity index is 71.4. The van der Waals surface area contributed by atoms with Gasteiger partial charge < -0.3 is 21.5 Å². The van der Waals surface area contributed by atoms with Crippen molar-refractivity contribution >= 4 is 13.4 Å². The number of amides is 2. The predicted octanol–water partition coefficient (Wildman–Crippen LogP) is -2.53. The second-order valence-corrected chi connectivity index (χ2v) is 0.834. The van der Waals surface area contributed by atoms with Crippen LogP contribution < -0.4 is 11.5 Å². The largest absolute Gasteiger partial charge is 0.662 e. The highest BCUT2D eigenvalue weighted by molar-refractivity contribution is 6.32. The summed E-state index contributed by atoms with van der Waals surface area (Å²) in [6, 6.07) is -0.833. The molecule has 0 spiro atoms. The van der Waals surface area contributed by atoms with Crippen LogP contribution in [-0.2, 0) is 4.81 Å². The van der Waals surface area contributed by atoms with Crippen molar-refractivity contribution in [2.45, 2.75) is 0 Å². The summed E-state index contributed by atoms with van der Waals surface area (Å²) in [5, 5.41) is 22.0. The fraction of sp³-hybridized carbons (Fsp3) is 0. The number of carbonyl (C=O) groups excluding carboxylic acids is 1. The average Bonchev–Trinajstić information content (AvgIpc) is 1.65. The first-order valence-corrected chi connectivity index (χ1v) is 1.72. The van der Waals surface area contributed by atoms with Crippen molar-refractivity contribution in [3.63, 3.8) is 0 Å². The van der Waals surface area contributed by atoms with Crippen LogP contribution in [0.25, 0.3) is 0 Å². The van der Waals surface area contributed by atoms with Gasteiger partial charge in [-0.3, -0.25) is 5.26 Å². The lowest BCUT2D eigenvalue weighted by Gasteiger charge is -1.82. The molecule has 0 fully saturated rings. The highest BCUT2D eigenvalue weighted by atomic mass is 17.1. The number of nitrogens with two attached hydrogens (primary N) is 2. The first kappa shape index (κ1) is 11.0. The quantitative estimate of drug-likeness (QED) is 0.154. The van der Waals surface area contributed by atoms with Gasteiger partial charge in [0.25, 0.3) is 0 Å². The molecular formula is CH7BN2O5. The number of hydrogen-bond acceptors (Lipinski definition) is 5. The molecule has 0 saturated heterocycles. The van der Waals surface area contributed by atoms with Crippen molar-refractivity contribution in [2.24, 2.45) is 11.5 Å². The van der Waals surface area contributed by atoms with Gasteiger partial charge in [-0.1, -0.05) is 0 Å². The number of carbonyl (C=O) groups is 1. The third-order valence-electron chi connectivity index (χ3n) is 0.0943. The van der Waals surface area contributed by atoms with Crippen LogP contribution in [0.15, 0.2) is 0 Å². The van der Waals surface area contributed by atoms with Gasteiger partial charge in [-0.25, -0.2) is 9.60 Å². The molecule has 54 valence electrons. The average molecular weight is 138 g/mol. The molecular weight excluding hydrogens is 131 g/mol. The van der Waals surface area contributed by atoms with E-state index in [-0.39, 0.29) is 0 Å². The monoisotopic (exact) mass is 138 g/mol. The van der Waals surface area contributed by atoms with Crippen LogP contribution in [0.5, 0.6) is 0 Å². The van der Waals surface area contributed by atoms with Crippen LogP contribution in [0.2, 0.25) is 0 Å². The molecule has 7 N–H and O–H groups in total. The third-order valence-corrected chi connectivity index (χ3v) is 0.0943. The van der Waals surface area contributed by atoms with Gasteiger partial charge >= 0.3 is 13.4 Å². The van der Waals surface area contributed by atoms with Crippen LogP contribution in [-0.4, -0.2) is 28.7 Å². The second kappa shape index (κ2) is 7.17. The number of urea groups is 1. The van der Waals surface area contributed by atoms with E-state index in [2.05, 4.69) is 16.3 Å². The molecule has 0 rings (SSSR count). The van der Waals surface area contributed by atoms with Crippen molar-refractivity contribution in [2.75, 3.05) is 0 Å². The topological polar surface area (TPSA) is 139 Å². The van der Waals surface area contributed by atoms with Crippen LogP contribution in [0.1, 0.15) is 0 Å². The zero-order valence-corrected chi connectivity index (χ0v) is 4.39. The van der Waals surface area contributed by atoms with Crippen molar-refractivity contribution in [3.05, 3.63) is 0 Å². The highest BCUT2D eigenvalue weighted by Crippen LogP contribution is 1.58. The molecule has 7 nitrogen and oxygen atoms in total. The van der Waals surface area contributed by atoms with Crippen molar-refractivity contribution in [3.8, 4) is 0 Å². The SMILES string of the molecule is NC(N)=O.OOB(O)O. The van der Waals surface area contributed by atoms with E-state index in [0.717, 1.165) is 0 Å². The van der Waals surface area contributed by atoms with Gasteiger partial charge in [0.15, 0.2) is 0 Å². The summed E-state index contributed by atoms with van der Waals surface area (Å²) in [6.45, 7) is 0. The minimum atomic E-state index is -2.06. The minimum Gasteiger partial charge on any atom is -0.400 e.